The van der Waals surface area contributed by atoms with E-state index in [0.29, 0.717) is 23.7 Å². The Labute approximate surface area is 152 Å². The third-order valence-corrected chi connectivity index (χ3v) is 3.18. The van der Waals surface area contributed by atoms with Crippen molar-refractivity contribution in [3.63, 3.8) is 0 Å². The third-order valence-electron chi connectivity index (χ3n) is 2.93. The van der Waals surface area contributed by atoms with Crippen LogP contribution in [0.5, 0.6) is 0 Å². The van der Waals surface area contributed by atoms with Crippen molar-refractivity contribution >= 4 is 47.4 Å². The molecule has 134 valence electrons. The van der Waals surface area contributed by atoms with Gasteiger partial charge < -0.3 is 21.3 Å². The molecule has 0 spiro atoms. The monoisotopic (exact) mass is 376 g/mol. The molecule has 0 saturated carbocycles. The molecule has 3 amide bonds. The fourth-order valence-electron chi connectivity index (χ4n) is 1.83. The van der Waals surface area contributed by atoms with Crippen LogP contribution < -0.4 is 16.4 Å². The van der Waals surface area contributed by atoms with Crippen molar-refractivity contribution in [1.29, 1.82) is 0 Å². The minimum absolute atomic E-state index is 0. The Morgan fingerprint density at radius 2 is 1.79 bits per heavy atom. The lowest BCUT2D eigenvalue weighted by Crippen LogP contribution is -2.45. The summed E-state index contributed by atoms with van der Waals surface area (Å²) in [6.07, 6.45) is 0.699. The Morgan fingerprint density at radius 1 is 1.17 bits per heavy atom. The zero-order chi connectivity index (χ0) is 17.2. The van der Waals surface area contributed by atoms with Gasteiger partial charge >= 0.3 is 0 Å². The maximum Gasteiger partial charge on any atom is 0.243 e. The number of hydrogen-bond acceptors (Lipinski definition) is 4. The second-order valence-electron chi connectivity index (χ2n) is 4.85. The summed E-state index contributed by atoms with van der Waals surface area (Å²) >= 11 is 5.78. The summed E-state index contributed by atoms with van der Waals surface area (Å²) in [7, 11) is 0. The van der Waals surface area contributed by atoms with E-state index in [1.165, 1.54) is 4.90 Å². The molecule has 1 rings (SSSR count). The van der Waals surface area contributed by atoms with E-state index < -0.39 is 5.91 Å². The smallest absolute Gasteiger partial charge is 0.243 e. The fraction of sp³-hybridized carbons (Fsp3) is 0.400. The van der Waals surface area contributed by atoms with E-state index in [9.17, 15) is 14.4 Å². The van der Waals surface area contributed by atoms with E-state index in [-0.39, 0.29) is 43.9 Å². The van der Waals surface area contributed by atoms with Crippen LogP contribution >= 0.6 is 24.0 Å². The highest BCUT2D eigenvalue weighted by atomic mass is 35.5. The third kappa shape index (κ3) is 8.14. The Bertz CT molecular complexity index is 552. The quantitative estimate of drug-likeness (QED) is 0.629. The van der Waals surface area contributed by atoms with Gasteiger partial charge in [0.15, 0.2) is 0 Å². The van der Waals surface area contributed by atoms with E-state index in [2.05, 4.69) is 10.6 Å². The standard InChI is InChI=1S/C15H21ClN4O3.ClH/c1-2-7-20(15(23)9-18-13(21)8-17)10-14(22)19-12-5-3-11(16)4-6-12;/h3-6H,2,7-10,17H2,1H3,(H,18,21)(H,19,22);1H. The van der Waals surface area contributed by atoms with Crippen molar-refractivity contribution in [2.45, 2.75) is 13.3 Å². The number of rotatable bonds is 8. The second-order valence-corrected chi connectivity index (χ2v) is 5.29. The van der Waals surface area contributed by atoms with Gasteiger partial charge in [-0.15, -0.1) is 12.4 Å². The zero-order valence-corrected chi connectivity index (χ0v) is 15.0. The van der Waals surface area contributed by atoms with Gasteiger partial charge in [-0.2, -0.15) is 0 Å². The number of amides is 3. The number of carbonyl (C=O) groups excluding carboxylic acids is 3. The summed E-state index contributed by atoms with van der Waals surface area (Å²) in [5.41, 5.74) is 5.76. The Kier molecular flexibility index (Phi) is 10.8. The van der Waals surface area contributed by atoms with Crippen LogP contribution in [-0.4, -0.2) is 48.8 Å². The highest BCUT2D eigenvalue weighted by Crippen LogP contribution is 2.13. The summed E-state index contributed by atoms with van der Waals surface area (Å²) < 4.78 is 0. The highest BCUT2D eigenvalue weighted by molar-refractivity contribution is 6.30. The number of halogens is 2. The lowest BCUT2D eigenvalue weighted by molar-refractivity contribution is -0.135. The molecule has 0 atom stereocenters. The Balaban J connectivity index is 0.00000529. The first-order valence-corrected chi connectivity index (χ1v) is 7.64. The van der Waals surface area contributed by atoms with Crippen molar-refractivity contribution in [2.75, 3.05) is 31.5 Å². The molecule has 0 heterocycles. The molecule has 1 aromatic rings. The predicted octanol–water partition coefficient (Wildman–Crippen LogP) is 1.01. The summed E-state index contributed by atoms with van der Waals surface area (Å²) in [5.74, 6) is -1.07. The van der Waals surface area contributed by atoms with Crippen LogP contribution in [0.2, 0.25) is 5.02 Å². The molecule has 24 heavy (non-hydrogen) atoms. The van der Waals surface area contributed by atoms with Crippen LogP contribution in [0.4, 0.5) is 5.69 Å². The summed E-state index contributed by atoms with van der Waals surface area (Å²) in [5, 5.41) is 5.66. The van der Waals surface area contributed by atoms with Gasteiger partial charge in [0.1, 0.15) is 0 Å². The van der Waals surface area contributed by atoms with Crippen LogP contribution in [0.25, 0.3) is 0 Å². The number of nitrogens with zero attached hydrogens (tertiary/aromatic N) is 1. The molecule has 0 bridgehead atoms. The Morgan fingerprint density at radius 3 is 2.33 bits per heavy atom. The van der Waals surface area contributed by atoms with Crippen LogP contribution in [0.15, 0.2) is 24.3 Å². The summed E-state index contributed by atoms with van der Waals surface area (Å²) in [6, 6.07) is 6.67. The van der Waals surface area contributed by atoms with Crippen molar-refractivity contribution in [3.8, 4) is 0 Å². The van der Waals surface area contributed by atoms with Crippen LogP contribution in [-0.2, 0) is 14.4 Å². The normalized spacial score (nSPS) is 9.62. The average molecular weight is 377 g/mol. The van der Waals surface area contributed by atoms with Crippen molar-refractivity contribution in [1.82, 2.24) is 10.2 Å². The maximum atomic E-state index is 12.1. The van der Waals surface area contributed by atoms with Crippen LogP contribution in [0, 0.1) is 0 Å². The van der Waals surface area contributed by atoms with E-state index in [4.69, 9.17) is 17.3 Å². The topological polar surface area (TPSA) is 105 Å². The molecule has 7 nitrogen and oxygen atoms in total. The molecule has 0 aliphatic rings. The first-order chi connectivity index (χ1) is 11.0. The second kappa shape index (κ2) is 11.7. The van der Waals surface area contributed by atoms with Gasteiger partial charge in [-0.3, -0.25) is 14.4 Å². The predicted molar refractivity (Wildman–Crippen MR) is 96.3 cm³/mol. The zero-order valence-electron chi connectivity index (χ0n) is 13.4. The van der Waals surface area contributed by atoms with Crippen molar-refractivity contribution in [2.24, 2.45) is 5.73 Å². The molecule has 0 radical (unpaired) electrons. The molecule has 0 fully saturated rings. The molecule has 0 aliphatic heterocycles. The molecule has 4 N–H and O–H groups in total. The molecule has 1 aromatic carbocycles. The van der Waals surface area contributed by atoms with Gasteiger partial charge in [-0.1, -0.05) is 18.5 Å². The van der Waals surface area contributed by atoms with Gasteiger partial charge in [0, 0.05) is 17.3 Å². The van der Waals surface area contributed by atoms with Gasteiger partial charge in [-0.25, -0.2) is 0 Å². The minimum atomic E-state index is -0.416. The number of hydrogen-bond donors (Lipinski definition) is 3. The van der Waals surface area contributed by atoms with Crippen molar-refractivity contribution in [3.05, 3.63) is 29.3 Å². The van der Waals surface area contributed by atoms with Gasteiger partial charge in [0.25, 0.3) is 0 Å². The lowest BCUT2D eigenvalue weighted by Gasteiger charge is -2.21. The van der Waals surface area contributed by atoms with Gasteiger partial charge in [0.05, 0.1) is 19.6 Å². The van der Waals surface area contributed by atoms with Crippen LogP contribution in [0.1, 0.15) is 13.3 Å². The van der Waals surface area contributed by atoms with Crippen molar-refractivity contribution < 1.29 is 14.4 Å². The largest absolute Gasteiger partial charge is 0.346 e. The first kappa shape index (κ1) is 22.2. The number of nitrogens with one attached hydrogen (secondary N) is 2. The summed E-state index contributed by atoms with van der Waals surface area (Å²) in [4.78, 5) is 36.6. The fourth-order valence-corrected chi connectivity index (χ4v) is 1.95. The molecule has 0 unspecified atom stereocenters. The van der Waals surface area contributed by atoms with E-state index in [1.54, 1.807) is 24.3 Å². The van der Waals surface area contributed by atoms with E-state index in [0.717, 1.165) is 0 Å². The molecule has 0 aliphatic carbocycles. The van der Waals surface area contributed by atoms with E-state index >= 15 is 0 Å². The number of anilines is 1. The number of nitrogens with two attached hydrogens (primary N) is 1. The summed E-state index contributed by atoms with van der Waals surface area (Å²) in [6.45, 7) is 1.87. The maximum absolute atomic E-state index is 12.1. The van der Waals surface area contributed by atoms with E-state index in [1.807, 2.05) is 6.92 Å². The molecular formula is C15H22Cl2N4O3. The molecular weight excluding hydrogens is 355 g/mol. The highest BCUT2D eigenvalue weighted by Gasteiger charge is 2.17. The lowest BCUT2D eigenvalue weighted by atomic mass is 10.3. The first-order valence-electron chi connectivity index (χ1n) is 7.26. The SMILES string of the molecule is CCCN(CC(=O)Nc1ccc(Cl)cc1)C(=O)CNC(=O)CN.Cl. The molecule has 9 heteroatoms. The van der Waals surface area contributed by atoms with Crippen LogP contribution in [0.3, 0.4) is 0 Å². The Hall–Kier alpha value is -1.83. The average Bonchev–Trinajstić information content (AvgIpc) is 2.54. The van der Waals surface area contributed by atoms with Gasteiger partial charge in [0.2, 0.25) is 17.7 Å². The molecule has 0 saturated heterocycles. The molecule has 0 aromatic heterocycles. The number of carbonyl (C=O) groups is 3. The van der Waals surface area contributed by atoms with Gasteiger partial charge in [-0.05, 0) is 30.7 Å². The minimum Gasteiger partial charge on any atom is -0.346 e. The number of benzene rings is 1.